The highest BCUT2D eigenvalue weighted by Gasteiger charge is 2.30. The largest absolute Gasteiger partial charge is 0.318 e. The minimum Gasteiger partial charge on any atom is -0.318 e. The van der Waals surface area contributed by atoms with Gasteiger partial charge in [0.15, 0.2) is 0 Å². The Morgan fingerprint density at radius 1 is 1.26 bits per heavy atom. The maximum Gasteiger partial charge on any atom is 0.261 e. The summed E-state index contributed by atoms with van der Waals surface area (Å²) in [5.41, 5.74) is 0.874. The molecule has 1 aliphatic rings. The standard InChI is InChI=1S/C21H33N5O/c1-5-8-19(25-13-15(2)23-16(3)14-25)20-24-18-10-7-6-9-17(18)21(27)26(20)12-11-22-4/h6-7,9-10,15-16,19,22-23H,5,8,11-14H2,1-4H3/t15-,16+,19?. The number of piperazine rings is 1. The van der Waals surface area contributed by atoms with Crippen LogP contribution in [-0.4, -0.2) is 53.2 Å². The third-order valence-corrected chi connectivity index (χ3v) is 5.36. The number of para-hydroxylation sites is 1. The maximum atomic E-state index is 13.2. The first-order chi connectivity index (χ1) is 13.0. The summed E-state index contributed by atoms with van der Waals surface area (Å²) in [5, 5.41) is 7.48. The molecule has 0 bridgehead atoms. The molecule has 0 saturated carbocycles. The van der Waals surface area contributed by atoms with Gasteiger partial charge in [-0.3, -0.25) is 14.3 Å². The van der Waals surface area contributed by atoms with E-state index in [2.05, 4.69) is 36.3 Å². The molecule has 2 aromatic rings. The second kappa shape index (κ2) is 8.95. The van der Waals surface area contributed by atoms with Crippen molar-refractivity contribution in [2.45, 2.75) is 58.3 Å². The number of aromatic nitrogens is 2. The Balaban J connectivity index is 2.10. The summed E-state index contributed by atoms with van der Waals surface area (Å²) in [6.07, 6.45) is 2.07. The van der Waals surface area contributed by atoms with Gasteiger partial charge in [0.1, 0.15) is 5.82 Å². The highest BCUT2D eigenvalue weighted by Crippen LogP contribution is 2.27. The molecule has 0 spiro atoms. The van der Waals surface area contributed by atoms with Crippen molar-refractivity contribution in [2.24, 2.45) is 0 Å². The molecule has 6 nitrogen and oxygen atoms in total. The fraction of sp³-hybridized carbons (Fsp3) is 0.619. The topological polar surface area (TPSA) is 62.2 Å². The highest BCUT2D eigenvalue weighted by atomic mass is 16.1. The van der Waals surface area contributed by atoms with Crippen molar-refractivity contribution >= 4 is 10.9 Å². The van der Waals surface area contributed by atoms with E-state index in [0.717, 1.165) is 43.8 Å². The number of hydrogen-bond donors (Lipinski definition) is 2. The van der Waals surface area contributed by atoms with Crippen molar-refractivity contribution < 1.29 is 0 Å². The second-order valence-corrected chi connectivity index (χ2v) is 7.77. The lowest BCUT2D eigenvalue weighted by atomic mass is 10.0. The second-order valence-electron chi connectivity index (χ2n) is 7.77. The average Bonchev–Trinajstić information content (AvgIpc) is 2.64. The predicted molar refractivity (Wildman–Crippen MR) is 111 cm³/mol. The molecule has 27 heavy (non-hydrogen) atoms. The molecule has 0 aliphatic carbocycles. The number of hydrogen-bond acceptors (Lipinski definition) is 5. The molecular weight excluding hydrogens is 338 g/mol. The van der Waals surface area contributed by atoms with Crippen LogP contribution in [0.4, 0.5) is 0 Å². The molecule has 2 heterocycles. The van der Waals surface area contributed by atoms with Crippen LogP contribution in [0.2, 0.25) is 0 Å². The molecular formula is C21H33N5O. The van der Waals surface area contributed by atoms with Gasteiger partial charge < -0.3 is 10.6 Å². The number of rotatable bonds is 7. The minimum atomic E-state index is 0.0724. The molecule has 6 heteroatoms. The van der Waals surface area contributed by atoms with Crippen molar-refractivity contribution in [3.05, 3.63) is 40.4 Å². The van der Waals surface area contributed by atoms with Crippen LogP contribution in [0.3, 0.4) is 0 Å². The van der Waals surface area contributed by atoms with Crippen LogP contribution in [0.15, 0.2) is 29.1 Å². The van der Waals surface area contributed by atoms with E-state index >= 15 is 0 Å². The zero-order chi connectivity index (χ0) is 19.4. The van der Waals surface area contributed by atoms with Gasteiger partial charge in [-0.15, -0.1) is 0 Å². The molecule has 1 aromatic carbocycles. The quantitative estimate of drug-likeness (QED) is 0.781. The third kappa shape index (κ3) is 4.39. The van der Waals surface area contributed by atoms with Crippen molar-refractivity contribution in [2.75, 3.05) is 26.7 Å². The fourth-order valence-electron chi connectivity index (χ4n) is 4.25. The summed E-state index contributed by atoms with van der Waals surface area (Å²) < 4.78 is 1.90. The van der Waals surface area contributed by atoms with E-state index in [1.807, 2.05) is 35.9 Å². The molecule has 3 atom stereocenters. The van der Waals surface area contributed by atoms with Gasteiger partial charge in [0.25, 0.3) is 5.56 Å². The molecule has 1 saturated heterocycles. The molecule has 2 N–H and O–H groups in total. The van der Waals surface area contributed by atoms with Gasteiger partial charge >= 0.3 is 0 Å². The van der Waals surface area contributed by atoms with Crippen molar-refractivity contribution in [3.63, 3.8) is 0 Å². The van der Waals surface area contributed by atoms with E-state index < -0.39 is 0 Å². The van der Waals surface area contributed by atoms with Crippen LogP contribution >= 0.6 is 0 Å². The van der Waals surface area contributed by atoms with Crippen LogP contribution in [-0.2, 0) is 6.54 Å². The van der Waals surface area contributed by atoms with Gasteiger partial charge in [-0.25, -0.2) is 4.98 Å². The zero-order valence-corrected chi connectivity index (χ0v) is 17.0. The SMILES string of the molecule is CCCC(c1nc2ccccc2c(=O)n1CCNC)N1C[C@@H](C)N[C@@H](C)C1. The smallest absolute Gasteiger partial charge is 0.261 e. The Bertz CT molecular complexity index is 808. The molecule has 1 fully saturated rings. The Hall–Kier alpha value is -1.76. The van der Waals surface area contributed by atoms with E-state index in [1.54, 1.807) is 0 Å². The first kappa shape index (κ1) is 20.0. The molecule has 3 rings (SSSR count). The van der Waals surface area contributed by atoms with Crippen LogP contribution in [0.1, 0.15) is 45.5 Å². The van der Waals surface area contributed by atoms with Gasteiger partial charge in [-0.05, 0) is 39.4 Å². The summed E-state index contributed by atoms with van der Waals surface area (Å²) >= 11 is 0. The lowest BCUT2D eigenvalue weighted by Crippen LogP contribution is -2.55. The number of nitrogens with zero attached hydrogens (tertiary/aromatic N) is 3. The summed E-state index contributed by atoms with van der Waals surface area (Å²) in [5.74, 6) is 0.914. The first-order valence-electron chi connectivity index (χ1n) is 10.2. The van der Waals surface area contributed by atoms with Crippen LogP contribution < -0.4 is 16.2 Å². The number of nitrogens with one attached hydrogen (secondary N) is 2. The van der Waals surface area contributed by atoms with Crippen LogP contribution in [0, 0.1) is 0 Å². The Kier molecular flexibility index (Phi) is 6.63. The monoisotopic (exact) mass is 371 g/mol. The van der Waals surface area contributed by atoms with Crippen LogP contribution in [0.5, 0.6) is 0 Å². The van der Waals surface area contributed by atoms with Crippen molar-refractivity contribution in [1.82, 2.24) is 25.1 Å². The zero-order valence-electron chi connectivity index (χ0n) is 17.0. The first-order valence-corrected chi connectivity index (χ1v) is 10.2. The number of fused-ring (bicyclic) bond motifs is 1. The summed E-state index contributed by atoms with van der Waals surface area (Å²) in [6.45, 7) is 10.0. The summed E-state index contributed by atoms with van der Waals surface area (Å²) in [7, 11) is 1.92. The number of likely N-dealkylation sites (N-methyl/N-ethyl adjacent to an activating group) is 1. The fourth-order valence-corrected chi connectivity index (χ4v) is 4.25. The van der Waals surface area contributed by atoms with Crippen molar-refractivity contribution in [1.29, 1.82) is 0 Å². The third-order valence-electron chi connectivity index (χ3n) is 5.36. The van der Waals surface area contributed by atoms with Crippen molar-refractivity contribution in [3.8, 4) is 0 Å². The minimum absolute atomic E-state index is 0.0724. The van der Waals surface area contributed by atoms with Gasteiger partial charge in [0.2, 0.25) is 0 Å². The predicted octanol–water partition coefficient (Wildman–Crippen LogP) is 2.14. The van der Waals surface area contributed by atoms with E-state index in [-0.39, 0.29) is 11.6 Å². The van der Waals surface area contributed by atoms with Gasteiger partial charge in [0, 0.05) is 38.3 Å². The Labute approximate surface area is 162 Å². The lowest BCUT2D eigenvalue weighted by Gasteiger charge is -2.41. The Morgan fingerprint density at radius 2 is 1.96 bits per heavy atom. The molecule has 1 aliphatic heterocycles. The molecule has 1 unspecified atom stereocenters. The van der Waals surface area contributed by atoms with Crippen LogP contribution in [0.25, 0.3) is 10.9 Å². The van der Waals surface area contributed by atoms with E-state index in [0.29, 0.717) is 24.0 Å². The van der Waals surface area contributed by atoms with Gasteiger partial charge in [-0.2, -0.15) is 0 Å². The van der Waals surface area contributed by atoms with E-state index in [1.165, 1.54) is 0 Å². The summed E-state index contributed by atoms with van der Waals surface area (Å²) in [6, 6.07) is 8.74. The van der Waals surface area contributed by atoms with E-state index in [4.69, 9.17) is 4.98 Å². The highest BCUT2D eigenvalue weighted by molar-refractivity contribution is 5.77. The molecule has 0 radical (unpaired) electrons. The summed E-state index contributed by atoms with van der Waals surface area (Å²) in [4.78, 5) is 20.8. The average molecular weight is 372 g/mol. The molecule has 148 valence electrons. The van der Waals surface area contributed by atoms with E-state index in [9.17, 15) is 4.79 Å². The lowest BCUT2D eigenvalue weighted by molar-refractivity contribution is 0.108. The normalized spacial score (nSPS) is 22.2. The maximum absolute atomic E-state index is 13.2. The number of benzene rings is 1. The molecule has 0 amide bonds. The molecule has 1 aromatic heterocycles. The van der Waals surface area contributed by atoms with Gasteiger partial charge in [-0.1, -0.05) is 25.5 Å². The Morgan fingerprint density at radius 3 is 2.63 bits per heavy atom. The van der Waals surface area contributed by atoms with Gasteiger partial charge in [0.05, 0.1) is 16.9 Å².